The van der Waals surface area contributed by atoms with E-state index in [0.717, 1.165) is 35.1 Å². The lowest BCUT2D eigenvalue weighted by Gasteiger charge is -2.26. The van der Waals surface area contributed by atoms with Gasteiger partial charge >= 0.3 is 0 Å². The number of rotatable bonds is 13. The first kappa shape index (κ1) is 30.0. The minimum absolute atomic E-state index is 0.0459. The number of halogens is 2. The quantitative estimate of drug-likeness (QED) is 0.237. The molecule has 216 valence electrons. The van der Waals surface area contributed by atoms with Crippen molar-refractivity contribution in [2.45, 2.75) is 51.0 Å². The van der Waals surface area contributed by atoms with Gasteiger partial charge in [0.05, 0.1) is 23.3 Å². The number of nitrogens with one attached hydrogen (secondary N) is 2. The number of aryl methyl sites for hydroxylation is 1. The highest BCUT2D eigenvalue weighted by atomic mass is 19.1. The van der Waals surface area contributed by atoms with Crippen molar-refractivity contribution in [3.63, 3.8) is 0 Å². The standard InChI is InChI=1S/C31H33F2N3O5/c1-2-19-6-5-7-20(12-19)17-34-18-28(38)26(15-21-13-22(32)16-23(33)14-21)35-29(39)27(37)10-11-36-30(40)24-8-3-4-9-25(24)31(36)41/h3-9,12-14,16,26-28,34,37-38H,2,10-11,15,17-18H2,1H3,(H,35,39)/t26-,27?,28-/m0/s1. The van der Waals surface area contributed by atoms with Gasteiger partial charge in [0.15, 0.2) is 0 Å². The van der Waals surface area contributed by atoms with Crippen molar-refractivity contribution in [2.24, 2.45) is 0 Å². The van der Waals surface area contributed by atoms with Crippen LogP contribution in [-0.4, -0.2) is 64.2 Å². The molecule has 0 radical (unpaired) electrons. The molecule has 10 heteroatoms. The van der Waals surface area contributed by atoms with Gasteiger partial charge in [0.1, 0.15) is 17.7 Å². The van der Waals surface area contributed by atoms with Crippen molar-refractivity contribution in [3.05, 3.63) is 106 Å². The van der Waals surface area contributed by atoms with Crippen LogP contribution in [0.2, 0.25) is 0 Å². The number of hydrogen-bond acceptors (Lipinski definition) is 6. The largest absolute Gasteiger partial charge is 0.390 e. The van der Waals surface area contributed by atoms with Crippen LogP contribution in [-0.2, 0) is 24.2 Å². The number of imide groups is 1. The smallest absolute Gasteiger partial charge is 0.261 e. The average molecular weight is 566 g/mol. The third-order valence-corrected chi connectivity index (χ3v) is 7.06. The SMILES string of the molecule is CCc1cccc(CNC[C@H](O)[C@H](Cc2cc(F)cc(F)c2)NC(=O)C(O)CCN2C(=O)c3ccccc3C2=O)c1. The van der Waals surface area contributed by atoms with Gasteiger partial charge in [0, 0.05) is 32.1 Å². The Morgan fingerprint density at radius 3 is 2.15 bits per heavy atom. The zero-order chi connectivity index (χ0) is 29.5. The van der Waals surface area contributed by atoms with Crippen LogP contribution in [0.4, 0.5) is 8.78 Å². The Kier molecular flexibility index (Phi) is 9.93. The van der Waals surface area contributed by atoms with Crippen molar-refractivity contribution in [3.8, 4) is 0 Å². The fourth-order valence-corrected chi connectivity index (χ4v) is 4.84. The fraction of sp³-hybridized carbons (Fsp3) is 0.323. The minimum Gasteiger partial charge on any atom is -0.390 e. The first-order valence-corrected chi connectivity index (χ1v) is 13.5. The van der Waals surface area contributed by atoms with Crippen LogP contribution in [0.1, 0.15) is 50.8 Å². The van der Waals surface area contributed by atoms with Crippen molar-refractivity contribution in [1.29, 1.82) is 0 Å². The number of aliphatic hydroxyl groups is 2. The molecule has 0 aliphatic carbocycles. The summed E-state index contributed by atoms with van der Waals surface area (Å²) in [5, 5.41) is 27.2. The molecule has 0 bridgehead atoms. The van der Waals surface area contributed by atoms with E-state index < -0.39 is 47.6 Å². The number of amides is 3. The van der Waals surface area contributed by atoms with Crippen molar-refractivity contribution in [1.82, 2.24) is 15.5 Å². The Morgan fingerprint density at radius 1 is 0.878 bits per heavy atom. The predicted molar refractivity (Wildman–Crippen MR) is 148 cm³/mol. The van der Waals surface area contributed by atoms with Crippen LogP contribution >= 0.6 is 0 Å². The van der Waals surface area contributed by atoms with Crippen LogP contribution in [0.25, 0.3) is 0 Å². The number of benzene rings is 3. The number of aliphatic hydroxyl groups excluding tert-OH is 2. The van der Waals surface area contributed by atoms with Gasteiger partial charge in [-0.1, -0.05) is 43.3 Å². The molecule has 3 amide bonds. The van der Waals surface area contributed by atoms with E-state index in [4.69, 9.17) is 0 Å². The second kappa shape index (κ2) is 13.6. The van der Waals surface area contributed by atoms with Gasteiger partial charge in [-0.25, -0.2) is 8.78 Å². The molecule has 3 atom stereocenters. The summed E-state index contributed by atoms with van der Waals surface area (Å²) in [6.07, 6.45) is -2.25. The van der Waals surface area contributed by atoms with E-state index in [-0.39, 0.29) is 42.6 Å². The van der Waals surface area contributed by atoms with Gasteiger partial charge < -0.3 is 20.8 Å². The first-order chi connectivity index (χ1) is 19.7. The average Bonchev–Trinajstić information content (AvgIpc) is 3.19. The summed E-state index contributed by atoms with van der Waals surface area (Å²) in [5.41, 5.74) is 2.90. The van der Waals surface area contributed by atoms with Crippen molar-refractivity contribution < 1.29 is 33.4 Å². The first-order valence-electron chi connectivity index (χ1n) is 13.5. The summed E-state index contributed by atoms with van der Waals surface area (Å²) in [4.78, 5) is 39.0. The molecule has 1 heterocycles. The summed E-state index contributed by atoms with van der Waals surface area (Å²) in [5.74, 6) is -3.45. The fourth-order valence-electron chi connectivity index (χ4n) is 4.84. The molecule has 4 rings (SSSR count). The maximum atomic E-state index is 13.8. The third-order valence-electron chi connectivity index (χ3n) is 7.06. The Bertz CT molecular complexity index is 1360. The molecule has 0 aromatic heterocycles. The van der Waals surface area contributed by atoms with Crippen LogP contribution in [0, 0.1) is 11.6 Å². The van der Waals surface area contributed by atoms with Gasteiger partial charge in [-0.2, -0.15) is 0 Å². The summed E-state index contributed by atoms with van der Waals surface area (Å²) < 4.78 is 27.7. The number of carbonyl (C=O) groups is 3. The monoisotopic (exact) mass is 565 g/mol. The normalized spacial score (nSPS) is 15.0. The molecule has 1 unspecified atom stereocenters. The van der Waals surface area contributed by atoms with Crippen molar-refractivity contribution in [2.75, 3.05) is 13.1 Å². The van der Waals surface area contributed by atoms with E-state index in [1.807, 2.05) is 31.2 Å². The molecule has 0 fully saturated rings. The van der Waals surface area contributed by atoms with Gasteiger partial charge in [-0.3, -0.25) is 19.3 Å². The Hall–Kier alpha value is -3.99. The highest BCUT2D eigenvalue weighted by Gasteiger charge is 2.35. The Balaban J connectivity index is 1.38. The molecule has 3 aromatic rings. The molecular formula is C31H33F2N3O5. The predicted octanol–water partition coefficient (Wildman–Crippen LogP) is 2.75. The molecule has 8 nitrogen and oxygen atoms in total. The molecule has 1 aliphatic rings. The van der Waals surface area contributed by atoms with Crippen LogP contribution in [0.5, 0.6) is 0 Å². The third kappa shape index (κ3) is 7.60. The minimum atomic E-state index is -1.61. The number of fused-ring (bicyclic) bond motifs is 1. The van der Waals surface area contributed by atoms with Crippen molar-refractivity contribution >= 4 is 17.7 Å². The molecule has 0 saturated heterocycles. The molecule has 0 spiro atoms. The van der Waals surface area contributed by atoms with Gasteiger partial charge in [0.25, 0.3) is 11.8 Å². The second-order valence-corrected chi connectivity index (χ2v) is 10.1. The van der Waals surface area contributed by atoms with E-state index >= 15 is 0 Å². The maximum Gasteiger partial charge on any atom is 0.261 e. The highest BCUT2D eigenvalue weighted by Crippen LogP contribution is 2.23. The molecule has 4 N–H and O–H groups in total. The maximum absolute atomic E-state index is 13.8. The lowest BCUT2D eigenvalue weighted by atomic mass is 10.00. The van der Waals surface area contributed by atoms with Gasteiger partial charge in [-0.15, -0.1) is 0 Å². The molecular weight excluding hydrogens is 532 g/mol. The highest BCUT2D eigenvalue weighted by molar-refractivity contribution is 6.21. The van der Waals surface area contributed by atoms with E-state index in [2.05, 4.69) is 10.6 Å². The Labute approximate surface area is 237 Å². The number of hydrogen-bond donors (Lipinski definition) is 4. The Morgan fingerprint density at radius 2 is 1.51 bits per heavy atom. The lowest BCUT2D eigenvalue weighted by Crippen LogP contribution is -2.51. The van der Waals surface area contributed by atoms with E-state index in [1.54, 1.807) is 12.1 Å². The number of nitrogens with zero attached hydrogens (tertiary/aromatic N) is 1. The number of carbonyl (C=O) groups excluding carboxylic acids is 3. The van der Waals surface area contributed by atoms with E-state index in [9.17, 15) is 33.4 Å². The summed E-state index contributed by atoms with van der Waals surface area (Å²) >= 11 is 0. The summed E-state index contributed by atoms with van der Waals surface area (Å²) in [6.45, 7) is 2.35. The zero-order valence-electron chi connectivity index (χ0n) is 22.6. The van der Waals surface area contributed by atoms with Crippen LogP contribution < -0.4 is 10.6 Å². The molecule has 1 aliphatic heterocycles. The second-order valence-electron chi connectivity index (χ2n) is 10.1. The van der Waals surface area contributed by atoms with Crippen LogP contribution in [0.15, 0.2) is 66.7 Å². The summed E-state index contributed by atoms with van der Waals surface area (Å²) in [6, 6.07) is 16.2. The van der Waals surface area contributed by atoms with E-state index in [0.29, 0.717) is 6.54 Å². The van der Waals surface area contributed by atoms with Gasteiger partial charge in [0.2, 0.25) is 5.91 Å². The van der Waals surface area contributed by atoms with E-state index in [1.165, 1.54) is 17.7 Å². The van der Waals surface area contributed by atoms with Gasteiger partial charge in [-0.05, 0) is 53.8 Å². The lowest BCUT2D eigenvalue weighted by molar-refractivity contribution is -0.131. The zero-order valence-corrected chi connectivity index (χ0v) is 22.6. The summed E-state index contributed by atoms with van der Waals surface area (Å²) in [7, 11) is 0. The topological polar surface area (TPSA) is 119 Å². The molecule has 0 saturated carbocycles. The van der Waals surface area contributed by atoms with Crippen LogP contribution in [0.3, 0.4) is 0 Å². The molecule has 41 heavy (non-hydrogen) atoms. The molecule has 3 aromatic carbocycles.